The molecular formula is C13H25NO4. The summed E-state index contributed by atoms with van der Waals surface area (Å²) in [4.78, 5) is 22.5. The van der Waals surface area contributed by atoms with Crippen molar-refractivity contribution >= 4 is 11.9 Å². The Morgan fingerprint density at radius 1 is 1.17 bits per heavy atom. The third-order valence-electron chi connectivity index (χ3n) is 3.35. The SMILES string of the molecule is CCCC(CCO)CNC(=O)C(C)C(C)C(=O)O. The van der Waals surface area contributed by atoms with Crippen LogP contribution >= 0.6 is 0 Å². The van der Waals surface area contributed by atoms with Crippen LogP contribution in [0.5, 0.6) is 0 Å². The maximum absolute atomic E-state index is 11.8. The van der Waals surface area contributed by atoms with Crippen molar-refractivity contribution in [3.8, 4) is 0 Å². The van der Waals surface area contributed by atoms with Crippen LogP contribution in [-0.2, 0) is 9.59 Å². The van der Waals surface area contributed by atoms with Crippen molar-refractivity contribution in [1.29, 1.82) is 0 Å². The molecule has 106 valence electrons. The van der Waals surface area contributed by atoms with Crippen LogP contribution in [0.15, 0.2) is 0 Å². The summed E-state index contributed by atoms with van der Waals surface area (Å²) in [6, 6.07) is 0. The molecule has 18 heavy (non-hydrogen) atoms. The van der Waals surface area contributed by atoms with Crippen LogP contribution in [0.1, 0.15) is 40.0 Å². The molecule has 0 rings (SSSR count). The molecule has 0 saturated heterocycles. The Bertz CT molecular complexity index is 262. The summed E-state index contributed by atoms with van der Waals surface area (Å²) >= 11 is 0. The number of carboxylic acids is 1. The number of aliphatic hydroxyl groups excluding tert-OH is 1. The number of amides is 1. The maximum atomic E-state index is 11.8. The second-order valence-corrected chi connectivity index (χ2v) is 4.83. The van der Waals surface area contributed by atoms with Gasteiger partial charge in [0, 0.05) is 19.1 Å². The molecule has 0 aliphatic carbocycles. The van der Waals surface area contributed by atoms with E-state index in [4.69, 9.17) is 10.2 Å². The van der Waals surface area contributed by atoms with Crippen molar-refractivity contribution in [2.24, 2.45) is 17.8 Å². The first kappa shape index (κ1) is 16.9. The summed E-state index contributed by atoms with van der Waals surface area (Å²) in [5.41, 5.74) is 0. The Morgan fingerprint density at radius 3 is 2.22 bits per heavy atom. The van der Waals surface area contributed by atoms with E-state index in [-0.39, 0.29) is 18.4 Å². The van der Waals surface area contributed by atoms with Crippen LogP contribution in [0, 0.1) is 17.8 Å². The largest absolute Gasteiger partial charge is 0.481 e. The van der Waals surface area contributed by atoms with Gasteiger partial charge in [-0.25, -0.2) is 0 Å². The van der Waals surface area contributed by atoms with E-state index in [0.29, 0.717) is 13.0 Å². The van der Waals surface area contributed by atoms with Gasteiger partial charge in [-0.2, -0.15) is 0 Å². The minimum Gasteiger partial charge on any atom is -0.481 e. The summed E-state index contributed by atoms with van der Waals surface area (Å²) in [7, 11) is 0. The van der Waals surface area contributed by atoms with Crippen LogP contribution in [0.25, 0.3) is 0 Å². The number of carboxylic acid groups (broad SMARTS) is 1. The third-order valence-corrected chi connectivity index (χ3v) is 3.35. The lowest BCUT2D eigenvalue weighted by atomic mass is 9.94. The Balaban J connectivity index is 4.17. The van der Waals surface area contributed by atoms with Crippen LogP contribution in [-0.4, -0.2) is 35.2 Å². The van der Waals surface area contributed by atoms with Crippen molar-refractivity contribution in [3.05, 3.63) is 0 Å². The molecule has 0 aromatic rings. The van der Waals surface area contributed by atoms with Gasteiger partial charge in [-0.15, -0.1) is 0 Å². The number of aliphatic carboxylic acids is 1. The van der Waals surface area contributed by atoms with E-state index in [2.05, 4.69) is 12.2 Å². The quantitative estimate of drug-likeness (QED) is 0.582. The number of hydrogen-bond acceptors (Lipinski definition) is 3. The van der Waals surface area contributed by atoms with Crippen molar-refractivity contribution in [2.75, 3.05) is 13.2 Å². The van der Waals surface area contributed by atoms with Gasteiger partial charge in [0.1, 0.15) is 0 Å². The van der Waals surface area contributed by atoms with Crippen LogP contribution < -0.4 is 5.32 Å². The lowest BCUT2D eigenvalue weighted by molar-refractivity contribution is -0.146. The molecule has 0 aliphatic rings. The summed E-state index contributed by atoms with van der Waals surface area (Å²) in [6.45, 7) is 5.83. The van der Waals surface area contributed by atoms with Crippen LogP contribution in [0.3, 0.4) is 0 Å². The van der Waals surface area contributed by atoms with Gasteiger partial charge in [0.25, 0.3) is 0 Å². The van der Waals surface area contributed by atoms with E-state index in [0.717, 1.165) is 12.8 Å². The topological polar surface area (TPSA) is 86.6 Å². The highest BCUT2D eigenvalue weighted by Gasteiger charge is 2.25. The van der Waals surface area contributed by atoms with Crippen LogP contribution in [0.2, 0.25) is 0 Å². The summed E-state index contributed by atoms with van der Waals surface area (Å²) in [6.07, 6.45) is 2.61. The average molecular weight is 259 g/mol. The zero-order valence-electron chi connectivity index (χ0n) is 11.5. The van der Waals surface area contributed by atoms with E-state index in [1.807, 2.05) is 0 Å². The zero-order valence-corrected chi connectivity index (χ0v) is 11.5. The molecule has 0 aromatic heterocycles. The highest BCUT2D eigenvalue weighted by molar-refractivity contribution is 5.84. The van der Waals surface area contributed by atoms with E-state index >= 15 is 0 Å². The van der Waals surface area contributed by atoms with Gasteiger partial charge in [-0.1, -0.05) is 27.2 Å². The fourth-order valence-corrected chi connectivity index (χ4v) is 1.79. The second-order valence-electron chi connectivity index (χ2n) is 4.83. The van der Waals surface area contributed by atoms with Gasteiger partial charge < -0.3 is 15.5 Å². The molecule has 1 amide bonds. The molecule has 5 nitrogen and oxygen atoms in total. The van der Waals surface area contributed by atoms with E-state index in [1.54, 1.807) is 6.92 Å². The number of rotatable bonds is 9. The highest BCUT2D eigenvalue weighted by Crippen LogP contribution is 2.13. The lowest BCUT2D eigenvalue weighted by Gasteiger charge is -2.19. The molecule has 0 aliphatic heterocycles. The first-order valence-corrected chi connectivity index (χ1v) is 6.55. The predicted octanol–water partition coefficient (Wildman–Crippen LogP) is 1.26. The van der Waals surface area contributed by atoms with Gasteiger partial charge in [0.05, 0.1) is 5.92 Å². The molecule has 0 fully saturated rings. The summed E-state index contributed by atoms with van der Waals surface area (Å²) < 4.78 is 0. The monoisotopic (exact) mass is 259 g/mol. The normalized spacial score (nSPS) is 15.8. The molecule has 3 N–H and O–H groups in total. The molecule has 0 bridgehead atoms. The van der Waals surface area contributed by atoms with E-state index < -0.39 is 17.8 Å². The second kappa shape index (κ2) is 8.91. The number of carbonyl (C=O) groups excluding carboxylic acids is 1. The van der Waals surface area contributed by atoms with Crippen molar-refractivity contribution in [2.45, 2.75) is 40.0 Å². The molecule has 0 radical (unpaired) electrons. The Kier molecular flexibility index (Phi) is 8.37. The Hall–Kier alpha value is -1.10. The Morgan fingerprint density at radius 2 is 1.78 bits per heavy atom. The lowest BCUT2D eigenvalue weighted by Crippen LogP contribution is -2.37. The van der Waals surface area contributed by atoms with Gasteiger partial charge >= 0.3 is 5.97 Å². The van der Waals surface area contributed by atoms with Crippen molar-refractivity contribution in [1.82, 2.24) is 5.32 Å². The molecule has 3 unspecified atom stereocenters. The average Bonchev–Trinajstić information content (AvgIpc) is 2.34. The van der Waals surface area contributed by atoms with Gasteiger partial charge in [-0.05, 0) is 18.8 Å². The molecule has 0 aromatic carbocycles. The summed E-state index contributed by atoms with van der Waals surface area (Å²) in [5.74, 6) is -2.16. The minimum atomic E-state index is -0.960. The third kappa shape index (κ3) is 6.00. The molecular weight excluding hydrogens is 234 g/mol. The summed E-state index contributed by atoms with van der Waals surface area (Å²) in [5, 5.41) is 20.5. The Labute approximate surface area is 109 Å². The standard InChI is InChI=1S/C13H25NO4/c1-4-5-11(6-7-15)8-14-12(16)9(2)10(3)13(17)18/h9-11,15H,4-8H2,1-3H3,(H,14,16)(H,17,18). The first-order valence-electron chi connectivity index (χ1n) is 6.55. The van der Waals surface area contributed by atoms with E-state index in [9.17, 15) is 9.59 Å². The van der Waals surface area contributed by atoms with Gasteiger partial charge in [0.15, 0.2) is 0 Å². The fourth-order valence-electron chi connectivity index (χ4n) is 1.79. The zero-order chi connectivity index (χ0) is 14.1. The van der Waals surface area contributed by atoms with E-state index in [1.165, 1.54) is 6.92 Å². The van der Waals surface area contributed by atoms with Crippen LogP contribution in [0.4, 0.5) is 0 Å². The highest BCUT2D eigenvalue weighted by atomic mass is 16.4. The predicted molar refractivity (Wildman–Crippen MR) is 69.1 cm³/mol. The molecule has 0 spiro atoms. The maximum Gasteiger partial charge on any atom is 0.307 e. The fraction of sp³-hybridized carbons (Fsp3) is 0.846. The number of nitrogens with one attached hydrogen (secondary N) is 1. The molecule has 0 saturated carbocycles. The van der Waals surface area contributed by atoms with Gasteiger partial charge in [-0.3, -0.25) is 9.59 Å². The van der Waals surface area contributed by atoms with Crippen molar-refractivity contribution < 1.29 is 19.8 Å². The minimum absolute atomic E-state index is 0.113. The number of carbonyl (C=O) groups is 2. The number of aliphatic hydroxyl groups is 1. The molecule has 3 atom stereocenters. The number of hydrogen-bond donors (Lipinski definition) is 3. The molecule has 0 heterocycles. The first-order chi connectivity index (χ1) is 8.43. The molecule has 5 heteroatoms. The van der Waals surface area contributed by atoms with Gasteiger partial charge in [0.2, 0.25) is 5.91 Å². The smallest absolute Gasteiger partial charge is 0.307 e. The van der Waals surface area contributed by atoms with Crippen molar-refractivity contribution in [3.63, 3.8) is 0 Å².